The largest absolute Gasteiger partial charge is 0.305 e. The van der Waals surface area contributed by atoms with Crippen LogP contribution in [0.25, 0.3) is 6.08 Å². The zero-order valence-electron chi connectivity index (χ0n) is 13.3. The van der Waals surface area contributed by atoms with Crippen LogP contribution in [0.3, 0.4) is 0 Å². The van der Waals surface area contributed by atoms with E-state index < -0.39 is 0 Å². The summed E-state index contributed by atoms with van der Waals surface area (Å²) in [5.74, 6) is 0.370. The van der Waals surface area contributed by atoms with Crippen LogP contribution < -0.4 is 5.32 Å². The quantitative estimate of drug-likeness (QED) is 0.827. The number of halogens is 1. The number of nitrogens with zero attached hydrogens (tertiary/aromatic N) is 1. The van der Waals surface area contributed by atoms with E-state index in [2.05, 4.69) is 29.4 Å². The summed E-state index contributed by atoms with van der Waals surface area (Å²) >= 11 is 5.89. The first-order valence-electron chi connectivity index (χ1n) is 7.39. The van der Waals surface area contributed by atoms with E-state index in [-0.39, 0.29) is 5.91 Å². The van der Waals surface area contributed by atoms with Crippen LogP contribution >= 0.6 is 11.6 Å². The molecule has 0 saturated heterocycles. The Labute approximate surface area is 140 Å². The molecule has 0 saturated carbocycles. The first kappa shape index (κ1) is 15.5. The van der Waals surface area contributed by atoms with Crippen LogP contribution in [0, 0.1) is 20.8 Å². The molecule has 0 bridgehead atoms. The summed E-state index contributed by atoms with van der Waals surface area (Å²) < 4.78 is 0. The second kappa shape index (κ2) is 6.01. The number of carbonyl (C=O) groups is 1. The fraction of sp³-hybridized carbons (Fsp3) is 0.158. The molecular weight excluding hydrogens is 308 g/mol. The van der Waals surface area contributed by atoms with Crippen molar-refractivity contribution in [3.8, 4) is 0 Å². The summed E-state index contributed by atoms with van der Waals surface area (Å²) in [5.41, 5.74) is 5.79. The summed E-state index contributed by atoms with van der Waals surface area (Å²) in [6, 6.07) is 11.5. The van der Waals surface area contributed by atoms with Gasteiger partial charge in [0.25, 0.3) is 5.91 Å². The molecule has 1 heterocycles. The Morgan fingerprint density at radius 3 is 2.26 bits per heavy atom. The molecule has 0 aromatic heterocycles. The lowest BCUT2D eigenvalue weighted by Crippen LogP contribution is -2.24. The number of benzene rings is 2. The maximum Gasteiger partial charge on any atom is 0.275 e. The number of aryl methyl sites for hydroxylation is 3. The van der Waals surface area contributed by atoms with E-state index in [1.165, 1.54) is 5.56 Å². The van der Waals surface area contributed by atoms with Crippen molar-refractivity contribution < 1.29 is 4.79 Å². The monoisotopic (exact) mass is 324 g/mol. The van der Waals surface area contributed by atoms with E-state index >= 15 is 0 Å². The molecule has 4 heteroatoms. The second-order valence-electron chi connectivity index (χ2n) is 5.76. The molecule has 1 aliphatic heterocycles. The summed E-state index contributed by atoms with van der Waals surface area (Å²) in [6.45, 7) is 6.15. The maximum absolute atomic E-state index is 12.2. The Morgan fingerprint density at radius 2 is 1.65 bits per heavy atom. The Hall–Kier alpha value is -2.39. The van der Waals surface area contributed by atoms with Gasteiger partial charge in [-0.05, 0) is 67.8 Å². The first-order valence-corrected chi connectivity index (χ1v) is 7.77. The van der Waals surface area contributed by atoms with Crippen LogP contribution in [0.2, 0.25) is 5.02 Å². The van der Waals surface area contributed by atoms with Gasteiger partial charge in [-0.3, -0.25) is 4.79 Å². The predicted octanol–water partition coefficient (Wildman–Crippen LogP) is 4.18. The molecule has 3 nitrogen and oxygen atoms in total. The van der Waals surface area contributed by atoms with Crippen LogP contribution in [0.15, 0.2) is 47.1 Å². The van der Waals surface area contributed by atoms with Crippen LogP contribution in [0.1, 0.15) is 27.8 Å². The van der Waals surface area contributed by atoms with Crippen LogP contribution in [-0.4, -0.2) is 11.7 Å². The Kier molecular flexibility index (Phi) is 4.05. The molecule has 0 spiro atoms. The number of hydrogen-bond donors (Lipinski definition) is 1. The molecule has 0 radical (unpaired) electrons. The molecule has 116 valence electrons. The molecule has 0 atom stereocenters. The van der Waals surface area contributed by atoms with E-state index in [0.29, 0.717) is 16.6 Å². The summed E-state index contributed by atoms with van der Waals surface area (Å²) in [4.78, 5) is 16.6. The van der Waals surface area contributed by atoms with Gasteiger partial charge in [-0.2, -0.15) is 0 Å². The number of amidine groups is 1. The highest BCUT2D eigenvalue weighted by atomic mass is 35.5. The van der Waals surface area contributed by atoms with Gasteiger partial charge in [0, 0.05) is 10.6 Å². The van der Waals surface area contributed by atoms with Crippen molar-refractivity contribution in [2.24, 2.45) is 4.99 Å². The number of amides is 1. The SMILES string of the molecule is Cc1cc(C)c(/C=C2\N=C(c3ccc(Cl)cc3)NC2=O)c(C)c1. The Bertz CT molecular complexity index is 825. The number of hydrogen-bond acceptors (Lipinski definition) is 2. The summed E-state index contributed by atoms with van der Waals surface area (Å²) in [5, 5.41) is 3.46. The average Bonchev–Trinajstić information content (AvgIpc) is 2.84. The van der Waals surface area contributed by atoms with Gasteiger partial charge in [-0.15, -0.1) is 0 Å². The zero-order valence-corrected chi connectivity index (χ0v) is 14.0. The molecule has 2 aromatic rings. The third kappa shape index (κ3) is 3.20. The lowest BCUT2D eigenvalue weighted by molar-refractivity contribution is -0.115. The predicted molar refractivity (Wildman–Crippen MR) is 94.8 cm³/mol. The van der Waals surface area contributed by atoms with Gasteiger partial charge >= 0.3 is 0 Å². The molecule has 23 heavy (non-hydrogen) atoms. The van der Waals surface area contributed by atoms with E-state index in [9.17, 15) is 4.79 Å². The van der Waals surface area contributed by atoms with Gasteiger partial charge in [-0.1, -0.05) is 29.3 Å². The minimum Gasteiger partial charge on any atom is -0.305 e. The summed E-state index contributed by atoms with van der Waals surface area (Å²) in [7, 11) is 0. The highest BCUT2D eigenvalue weighted by Gasteiger charge is 2.21. The molecule has 0 unspecified atom stereocenters. The normalized spacial score (nSPS) is 15.7. The second-order valence-corrected chi connectivity index (χ2v) is 6.20. The van der Waals surface area contributed by atoms with Gasteiger partial charge in [0.2, 0.25) is 0 Å². The average molecular weight is 325 g/mol. The molecular formula is C19H17ClN2O. The maximum atomic E-state index is 12.2. The van der Waals surface area contributed by atoms with E-state index in [4.69, 9.17) is 11.6 Å². The van der Waals surface area contributed by atoms with Crippen molar-refractivity contribution in [2.45, 2.75) is 20.8 Å². The molecule has 2 aromatic carbocycles. The van der Waals surface area contributed by atoms with Crippen molar-refractivity contribution in [1.82, 2.24) is 5.32 Å². The topological polar surface area (TPSA) is 41.5 Å². The number of nitrogens with one attached hydrogen (secondary N) is 1. The van der Waals surface area contributed by atoms with E-state index in [0.717, 1.165) is 22.3 Å². The van der Waals surface area contributed by atoms with Crippen molar-refractivity contribution in [2.75, 3.05) is 0 Å². The molecule has 1 amide bonds. The summed E-state index contributed by atoms with van der Waals surface area (Å²) in [6.07, 6.45) is 1.85. The van der Waals surface area contributed by atoms with E-state index in [1.807, 2.05) is 32.1 Å². The van der Waals surface area contributed by atoms with Crippen molar-refractivity contribution in [3.05, 3.63) is 74.9 Å². The van der Waals surface area contributed by atoms with Gasteiger partial charge < -0.3 is 5.32 Å². The zero-order chi connectivity index (χ0) is 16.6. The van der Waals surface area contributed by atoms with Gasteiger partial charge in [0.15, 0.2) is 0 Å². The number of carbonyl (C=O) groups excluding carboxylic acids is 1. The first-order chi connectivity index (χ1) is 10.9. The lowest BCUT2D eigenvalue weighted by atomic mass is 9.99. The molecule has 0 fully saturated rings. The van der Waals surface area contributed by atoms with Crippen molar-refractivity contribution >= 4 is 29.4 Å². The van der Waals surface area contributed by atoms with Gasteiger partial charge in [0.1, 0.15) is 11.5 Å². The minimum absolute atomic E-state index is 0.186. The molecule has 1 N–H and O–H groups in total. The standard InChI is InChI=1S/C19H17ClN2O/c1-11-8-12(2)16(13(3)9-11)10-17-19(23)22-18(21-17)14-4-6-15(20)7-5-14/h4-10H,1-3H3,(H,21,22,23)/b17-10-. The van der Waals surface area contributed by atoms with Crippen LogP contribution in [0.5, 0.6) is 0 Å². The van der Waals surface area contributed by atoms with E-state index in [1.54, 1.807) is 12.1 Å². The minimum atomic E-state index is -0.186. The third-order valence-electron chi connectivity index (χ3n) is 3.83. The van der Waals surface area contributed by atoms with Gasteiger partial charge in [-0.25, -0.2) is 4.99 Å². The highest BCUT2D eigenvalue weighted by molar-refractivity contribution is 6.30. The molecule has 1 aliphatic rings. The smallest absolute Gasteiger partial charge is 0.275 e. The van der Waals surface area contributed by atoms with Gasteiger partial charge in [0.05, 0.1) is 0 Å². The Morgan fingerprint density at radius 1 is 1.04 bits per heavy atom. The van der Waals surface area contributed by atoms with Crippen LogP contribution in [0.4, 0.5) is 0 Å². The van der Waals surface area contributed by atoms with Crippen molar-refractivity contribution in [1.29, 1.82) is 0 Å². The number of aliphatic imine (C=N–C) groups is 1. The Balaban J connectivity index is 2.00. The fourth-order valence-electron chi connectivity index (χ4n) is 2.77. The molecule has 3 rings (SSSR count). The fourth-order valence-corrected chi connectivity index (χ4v) is 2.89. The highest BCUT2D eigenvalue weighted by Crippen LogP contribution is 2.22. The lowest BCUT2D eigenvalue weighted by Gasteiger charge is -2.07. The number of rotatable bonds is 2. The third-order valence-corrected chi connectivity index (χ3v) is 4.09. The van der Waals surface area contributed by atoms with Crippen molar-refractivity contribution in [3.63, 3.8) is 0 Å². The molecule has 0 aliphatic carbocycles. The van der Waals surface area contributed by atoms with Crippen LogP contribution in [-0.2, 0) is 4.79 Å².